The van der Waals surface area contributed by atoms with E-state index in [4.69, 9.17) is 8.60 Å². The van der Waals surface area contributed by atoms with Gasteiger partial charge in [-0.05, 0) is 42.0 Å². The van der Waals surface area contributed by atoms with Gasteiger partial charge in [-0.25, -0.2) is 13.6 Å². The van der Waals surface area contributed by atoms with Crippen LogP contribution in [0.5, 0.6) is 5.75 Å². The molecule has 0 aliphatic carbocycles. The molecule has 0 unspecified atom stereocenters. The van der Waals surface area contributed by atoms with Gasteiger partial charge in [-0.3, -0.25) is 0 Å². The van der Waals surface area contributed by atoms with Gasteiger partial charge in [-0.1, -0.05) is 12.1 Å². The van der Waals surface area contributed by atoms with Crippen molar-refractivity contribution < 1.29 is 30.6 Å². The van der Waals surface area contributed by atoms with Crippen LogP contribution in [0.3, 0.4) is 0 Å². The third kappa shape index (κ3) is 6.05. The standard InChI is InChI=1S/C20H18F2N2O5S/c1-30(26,27)29-16-5-2-4-14(10-16)12-24(13-17-6-3-9-28-17)20(25)23-19-8-7-15(21)11-18(19)22/h2-11H,12-13H2,1H3,(H,23,25). The Bertz CT molecular complexity index is 1130. The number of nitrogens with one attached hydrogen (secondary N) is 1. The van der Waals surface area contributed by atoms with Crippen molar-refractivity contribution in [2.75, 3.05) is 11.6 Å². The number of halogens is 2. The number of carbonyl (C=O) groups excluding carboxylic acids is 1. The molecular formula is C20H18F2N2O5S. The number of urea groups is 1. The molecule has 10 heteroatoms. The van der Waals surface area contributed by atoms with Gasteiger partial charge in [0.2, 0.25) is 0 Å². The van der Waals surface area contributed by atoms with Gasteiger partial charge in [0, 0.05) is 12.6 Å². The summed E-state index contributed by atoms with van der Waals surface area (Å²) < 4.78 is 59.9. The second kappa shape index (κ2) is 8.95. The summed E-state index contributed by atoms with van der Waals surface area (Å²) in [5, 5.41) is 2.40. The smallest absolute Gasteiger partial charge is 0.322 e. The van der Waals surface area contributed by atoms with Gasteiger partial charge in [0.05, 0.1) is 24.8 Å². The van der Waals surface area contributed by atoms with Crippen molar-refractivity contribution in [1.82, 2.24) is 4.90 Å². The number of furan rings is 1. The van der Waals surface area contributed by atoms with E-state index in [0.29, 0.717) is 17.4 Å². The zero-order chi connectivity index (χ0) is 21.7. The van der Waals surface area contributed by atoms with Crippen LogP contribution in [0, 0.1) is 11.6 Å². The normalized spacial score (nSPS) is 11.2. The fraction of sp³-hybridized carbons (Fsp3) is 0.150. The van der Waals surface area contributed by atoms with Crippen LogP contribution in [0.4, 0.5) is 19.3 Å². The van der Waals surface area contributed by atoms with Gasteiger partial charge in [0.15, 0.2) is 0 Å². The maximum absolute atomic E-state index is 13.9. The van der Waals surface area contributed by atoms with E-state index < -0.39 is 27.8 Å². The minimum atomic E-state index is -3.71. The molecule has 2 aromatic carbocycles. The van der Waals surface area contributed by atoms with Crippen molar-refractivity contribution >= 4 is 21.8 Å². The highest BCUT2D eigenvalue weighted by atomic mass is 32.2. The lowest BCUT2D eigenvalue weighted by atomic mass is 10.2. The summed E-state index contributed by atoms with van der Waals surface area (Å²) in [7, 11) is -3.71. The van der Waals surface area contributed by atoms with E-state index in [1.807, 2.05) is 0 Å². The molecular weight excluding hydrogens is 418 g/mol. The SMILES string of the molecule is CS(=O)(=O)Oc1cccc(CN(Cc2ccco2)C(=O)Nc2ccc(F)cc2F)c1. The molecule has 0 atom stereocenters. The van der Waals surface area contributed by atoms with E-state index in [9.17, 15) is 22.0 Å². The third-order valence-corrected chi connectivity index (χ3v) is 4.40. The first-order valence-corrected chi connectivity index (χ1v) is 10.5. The minimum absolute atomic E-state index is 0.0380. The van der Waals surface area contributed by atoms with Crippen LogP contribution in [-0.4, -0.2) is 25.6 Å². The Morgan fingerprint density at radius 1 is 1.10 bits per heavy atom. The number of rotatable bonds is 7. The lowest BCUT2D eigenvalue weighted by Gasteiger charge is -2.23. The molecule has 0 bridgehead atoms. The van der Waals surface area contributed by atoms with Crippen molar-refractivity contribution in [2.45, 2.75) is 13.1 Å². The molecule has 7 nitrogen and oxygen atoms in total. The molecule has 0 saturated carbocycles. The maximum Gasteiger partial charge on any atom is 0.322 e. The molecule has 3 aromatic rings. The van der Waals surface area contributed by atoms with Crippen LogP contribution in [-0.2, 0) is 23.2 Å². The van der Waals surface area contributed by atoms with Gasteiger partial charge in [0.25, 0.3) is 0 Å². The fourth-order valence-electron chi connectivity index (χ4n) is 2.67. The fourth-order valence-corrected chi connectivity index (χ4v) is 3.12. The molecule has 0 spiro atoms. The molecule has 0 aliphatic heterocycles. The van der Waals surface area contributed by atoms with Crippen LogP contribution in [0.1, 0.15) is 11.3 Å². The summed E-state index contributed by atoms with van der Waals surface area (Å²) in [6.45, 7) is 0.0924. The number of hydrogen-bond donors (Lipinski definition) is 1. The van der Waals surface area contributed by atoms with Gasteiger partial charge >= 0.3 is 16.1 Å². The Morgan fingerprint density at radius 3 is 2.57 bits per heavy atom. The highest BCUT2D eigenvalue weighted by Gasteiger charge is 2.18. The first kappa shape index (κ1) is 21.3. The van der Waals surface area contributed by atoms with E-state index in [0.717, 1.165) is 18.4 Å². The lowest BCUT2D eigenvalue weighted by Crippen LogP contribution is -2.34. The van der Waals surface area contributed by atoms with Crippen molar-refractivity contribution in [3.63, 3.8) is 0 Å². The molecule has 0 fully saturated rings. The summed E-state index contributed by atoms with van der Waals surface area (Å²) in [6.07, 6.45) is 2.37. The molecule has 30 heavy (non-hydrogen) atoms. The van der Waals surface area contributed by atoms with Crippen molar-refractivity contribution in [3.05, 3.63) is 83.8 Å². The largest absolute Gasteiger partial charge is 0.467 e. The molecule has 3 rings (SSSR count). The molecule has 1 heterocycles. The van der Waals surface area contributed by atoms with Gasteiger partial charge < -0.3 is 18.8 Å². The Balaban J connectivity index is 1.82. The van der Waals surface area contributed by atoms with E-state index in [-0.39, 0.29) is 24.5 Å². The number of amides is 2. The van der Waals surface area contributed by atoms with E-state index in [2.05, 4.69) is 5.32 Å². The third-order valence-electron chi connectivity index (χ3n) is 3.91. The molecule has 1 aromatic heterocycles. The van der Waals surface area contributed by atoms with Crippen LogP contribution < -0.4 is 9.50 Å². The predicted molar refractivity (Wildman–Crippen MR) is 105 cm³/mol. The quantitative estimate of drug-likeness (QED) is 0.563. The number of benzene rings is 2. The summed E-state index contributed by atoms with van der Waals surface area (Å²) in [6, 6.07) is 11.7. The van der Waals surface area contributed by atoms with Crippen LogP contribution in [0.2, 0.25) is 0 Å². The minimum Gasteiger partial charge on any atom is -0.467 e. The van der Waals surface area contributed by atoms with Crippen molar-refractivity contribution in [2.24, 2.45) is 0 Å². The first-order chi connectivity index (χ1) is 14.2. The second-order valence-electron chi connectivity index (χ2n) is 6.42. The monoisotopic (exact) mass is 436 g/mol. The maximum atomic E-state index is 13.9. The number of hydrogen-bond acceptors (Lipinski definition) is 5. The highest BCUT2D eigenvalue weighted by Crippen LogP contribution is 2.20. The highest BCUT2D eigenvalue weighted by molar-refractivity contribution is 7.86. The average molecular weight is 436 g/mol. The first-order valence-electron chi connectivity index (χ1n) is 8.71. The second-order valence-corrected chi connectivity index (χ2v) is 8.00. The Labute approximate surface area is 172 Å². The summed E-state index contributed by atoms with van der Waals surface area (Å²) in [5.41, 5.74) is 0.387. The molecule has 0 saturated heterocycles. The van der Waals surface area contributed by atoms with E-state index in [1.54, 1.807) is 24.3 Å². The molecule has 0 aliphatic rings. The number of anilines is 1. The topological polar surface area (TPSA) is 88.9 Å². The number of carbonyl (C=O) groups is 1. The van der Waals surface area contributed by atoms with Gasteiger partial charge in [-0.2, -0.15) is 8.42 Å². The van der Waals surface area contributed by atoms with Gasteiger partial charge in [0.1, 0.15) is 23.1 Å². The summed E-state index contributed by atoms with van der Waals surface area (Å²) in [5.74, 6) is -1.10. The average Bonchev–Trinajstić information content (AvgIpc) is 3.15. The van der Waals surface area contributed by atoms with Crippen molar-refractivity contribution in [3.8, 4) is 5.75 Å². The zero-order valence-corrected chi connectivity index (χ0v) is 16.7. The van der Waals surface area contributed by atoms with E-state index in [1.165, 1.54) is 23.3 Å². The lowest BCUT2D eigenvalue weighted by molar-refractivity contribution is 0.201. The van der Waals surface area contributed by atoms with Gasteiger partial charge in [-0.15, -0.1) is 0 Å². The molecule has 1 N–H and O–H groups in total. The van der Waals surface area contributed by atoms with Crippen LogP contribution in [0.25, 0.3) is 0 Å². The zero-order valence-electron chi connectivity index (χ0n) is 15.8. The molecule has 0 radical (unpaired) electrons. The molecule has 158 valence electrons. The summed E-state index contributed by atoms with van der Waals surface area (Å²) in [4.78, 5) is 14.1. The number of nitrogens with zero attached hydrogens (tertiary/aromatic N) is 1. The summed E-state index contributed by atoms with van der Waals surface area (Å²) >= 11 is 0. The van der Waals surface area contributed by atoms with E-state index >= 15 is 0 Å². The Kier molecular flexibility index (Phi) is 6.36. The van der Waals surface area contributed by atoms with Crippen LogP contribution in [0.15, 0.2) is 65.3 Å². The Hall–Kier alpha value is -3.40. The molecule has 2 amide bonds. The predicted octanol–water partition coefficient (Wildman–Crippen LogP) is 4.13. The van der Waals surface area contributed by atoms with Crippen LogP contribution >= 0.6 is 0 Å². The van der Waals surface area contributed by atoms with Crippen molar-refractivity contribution in [1.29, 1.82) is 0 Å². The Morgan fingerprint density at radius 2 is 1.90 bits per heavy atom.